The number of nitrogens with zero attached hydrogens (tertiary/aromatic N) is 2. The smallest absolute Gasteiger partial charge is 0.291 e. The lowest BCUT2D eigenvalue weighted by Crippen LogP contribution is -2.27. The Morgan fingerprint density at radius 1 is 1.18 bits per heavy atom. The van der Waals surface area contributed by atoms with Crippen LogP contribution in [0.3, 0.4) is 0 Å². The number of methoxy groups -OCH3 is 1. The molecular weight excluding hydrogens is 356 g/mol. The number of benzene rings is 1. The van der Waals surface area contributed by atoms with Crippen molar-refractivity contribution in [2.24, 2.45) is 5.92 Å². The first-order valence-electron chi connectivity index (χ1n) is 9.82. The van der Waals surface area contributed by atoms with E-state index >= 15 is 0 Å². The lowest BCUT2D eigenvalue weighted by Gasteiger charge is -2.17. The van der Waals surface area contributed by atoms with Crippen LogP contribution in [-0.4, -0.2) is 35.0 Å². The molecule has 0 spiro atoms. The molecule has 0 aliphatic carbocycles. The van der Waals surface area contributed by atoms with Gasteiger partial charge in [-0.05, 0) is 55.9 Å². The van der Waals surface area contributed by atoms with E-state index in [4.69, 9.17) is 4.74 Å². The van der Waals surface area contributed by atoms with Gasteiger partial charge in [-0.1, -0.05) is 13.8 Å². The molecule has 1 aliphatic heterocycles. The molecule has 28 heavy (non-hydrogen) atoms. The largest absolute Gasteiger partial charge is 0.497 e. The van der Waals surface area contributed by atoms with Gasteiger partial charge in [0.05, 0.1) is 12.8 Å². The second-order valence-electron chi connectivity index (χ2n) is 7.46. The number of nitrogens with one attached hydrogen (secondary N) is 2. The molecule has 1 aliphatic rings. The van der Waals surface area contributed by atoms with Gasteiger partial charge in [0.1, 0.15) is 11.4 Å². The molecule has 0 saturated heterocycles. The highest BCUT2D eigenvalue weighted by Crippen LogP contribution is 2.22. The number of anilines is 1. The monoisotopic (exact) mass is 384 g/mol. The number of carbonyl (C=O) groups excluding carboxylic acids is 2. The number of amides is 2. The summed E-state index contributed by atoms with van der Waals surface area (Å²) in [6, 6.07) is 7.11. The predicted molar refractivity (Wildman–Crippen MR) is 108 cm³/mol. The minimum atomic E-state index is -0.311. The Morgan fingerprint density at radius 3 is 2.61 bits per heavy atom. The van der Waals surface area contributed by atoms with Crippen LogP contribution in [-0.2, 0) is 13.0 Å². The lowest BCUT2D eigenvalue weighted by molar-refractivity contribution is 0.0946. The van der Waals surface area contributed by atoms with Crippen molar-refractivity contribution < 1.29 is 14.3 Å². The van der Waals surface area contributed by atoms with Crippen LogP contribution in [0.4, 0.5) is 5.69 Å². The Morgan fingerprint density at radius 2 is 1.93 bits per heavy atom. The van der Waals surface area contributed by atoms with Gasteiger partial charge in [-0.2, -0.15) is 0 Å². The van der Waals surface area contributed by atoms with Crippen molar-refractivity contribution in [3.8, 4) is 5.75 Å². The van der Waals surface area contributed by atoms with Crippen molar-refractivity contribution in [1.29, 1.82) is 0 Å². The van der Waals surface area contributed by atoms with E-state index in [-0.39, 0.29) is 11.8 Å². The molecule has 2 heterocycles. The van der Waals surface area contributed by atoms with E-state index in [9.17, 15) is 9.59 Å². The van der Waals surface area contributed by atoms with E-state index in [1.54, 1.807) is 31.4 Å². The predicted octanol–water partition coefficient (Wildman–Crippen LogP) is 3.26. The first-order valence-corrected chi connectivity index (χ1v) is 9.82. The Balaban J connectivity index is 1.79. The number of hydrogen-bond donors (Lipinski definition) is 2. The third kappa shape index (κ3) is 4.52. The summed E-state index contributed by atoms with van der Waals surface area (Å²) in [6.07, 6.45) is 3.64. The highest BCUT2D eigenvalue weighted by molar-refractivity contribution is 6.03. The van der Waals surface area contributed by atoms with Crippen LogP contribution in [0.15, 0.2) is 24.3 Å². The number of aromatic nitrogens is 2. The molecule has 0 bridgehead atoms. The van der Waals surface area contributed by atoms with E-state index in [2.05, 4.69) is 29.5 Å². The summed E-state index contributed by atoms with van der Waals surface area (Å²) in [7, 11) is 1.60. The number of rotatable bonds is 7. The van der Waals surface area contributed by atoms with Gasteiger partial charge in [-0.15, -0.1) is 0 Å². The quantitative estimate of drug-likeness (QED) is 0.767. The molecule has 1 aromatic heterocycles. The Labute approximate surface area is 165 Å². The second kappa shape index (κ2) is 8.91. The molecule has 0 fully saturated rings. The van der Waals surface area contributed by atoms with Crippen LogP contribution in [0, 0.1) is 5.92 Å². The van der Waals surface area contributed by atoms with Crippen LogP contribution in [0.5, 0.6) is 5.75 Å². The fraction of sp³-hybridized carbons (Fsp3) is 0.476. The fourth-order valence-corrected chi connectivity index (χ4v) is 3.32. The summed E-state index contributed by atoms with van der Waals surface area (Å²) >= 11 is 0. The highest BCUT2D eigenvalue weighted by Gasteiger charge is 2.27. The van der Waals surface area contributed by atoms with Crippen LogP contribution >= 0.6 is 0 Å². The fourth-order valence-electron chi connectivity index (χ4n) is 3.32. The Kier molecular flexibility index (Phi) is 6.34. The van der Waals surface area contributed by atoms with Gasteiger partial charge in [0.25, 0.3) is 11.8 Å². The van der Waals surface area contributed by atoms with Gasteiger partial charge in [-0.25, -0.2) is 4.98 Å². The van der Waals surface area contributed by atoms with Crippen molar-refractivity contribution in [3.05, 3.63) is 41.5 Å². The van der Waals surface area contributed by atoms with Crippen LogP contribution in [0.2, 0.25) is 0 Å². The first kappa shape index (κ1) is 19.9. The molecule has 7 nitrogen and oxygen atoms in total. The zero-order valence-electron chi connectivity index (χ0n) is 16.7. The topological polar surface area (TPSA) is 85.2 Å². The first-order chi connectivity index (χ1) is 13.5. The Bertz CT molecular complexity index is 840. The molecule has 0 unspecified atom stereocenters. The zero-order chi connectivity index (χ0) is 20.1. The van der Waals surface area contributed by atoms with Crippen molar-refractivity contribution >= 4 is 17.5 Å². The minimum absolute atomic E-state index is 0.199. The lowest BCUT2D eigenvalue weighted by atomic mass is 10.1. The third-order valence-electron chi connectivity index (χ3n) is 4.89. The number of hydrogen-bond acceptors (Lipinski definition) is 4. The van der Waals surface area contributed by atoms with Gasteiger partial charge in [0.2, 0.25) is 0 Å². The number of carbonyl (C=O) groups is 2. The Hall–Kier alpha value is -2.83. The van der Waals surface area contributed by atoms with Crippen molar-refractivity contribution in [3.63, 3.8) is 0 Å². The van der Waals surface area contributed by atoms with E-state index in [1.807, 2.05) is 4.57 Å². The molecule has 2 N–H and O–H groups in total. The normalized spacial score (nSPS) is 13.1. The summed E-state index contributed by atoms with van der Waals surface area (Å²) < 4.78 is 7.02. The number of ether oxygens (including phenoxy) is 1. The molecule has 1 aromatic carbocycles. The standard InChI is InChI=1S/C21H28N4O3/c1-14(2)11-12-22-20(26)18-17-6-4-5-13-25(17)19(24-18)21(27)23-15-7-9-16(28-3)10-8-15/h7-10,14H,4-6,11-13H2,1-3H3,(H,22,26)(H,23,27). The molecule has 2 amide bonds. The molecule has 0 saturated carbocycles. The van der Waals surface area contributed by atoms with Crippen molar-refractivity contribution in [1.82, 2.24) is 14.9 Å². The maximum Gasteiger partial charge on any atom is 0.291 e. The van der Waals surface area contributed by atoms with Gasteiger partial charge in [0.15, 0.2) is 5.82 Å². The average molecular weight is 384 g/mol. The van der Waals surface area contributed by atoms with Gasteiger partial charge in [0, 0.05) is 18.8 Å². The third-order valence-corrected chi connectivity index (χ3v) is 4.89. The molecule has 3 rings (SSSR count). The average Bonchev–Trinajstić information content (AvgIpc) is 3.08. The van der Waals surface area contributed by atoms with Crippen molar-refractivity contribution in [2.75, 3.05) is 19.0 Å². The molecule has 2 aromatic rings. The molecule has 0 atom stereocenters. The summed E-state index contributed by atoms with van der Waals surface area (Å²) in [6.45, 7) is 5.54. The maximum atomic E-state index is 12.8. The van der Waals surface area contributed by atoms with Gasteiger partial charge < -0.3 is 19.9 Å². The summed E-state index contributed by atoms with van der Waals surface area (Å²) in [5, 5.41) is 5.80. The van der Waals surface area contributed by atoms with Gasteiger partial charge >= 0.3 is 0 Å². The highest BCUT2D eigenvalue weighted by atomic mass is 16.5. The van der Waals surface area contributed by atoms with Crippen LogP contribution in [0.1, 0.15) is 59.9 Å². The van der Waals surface area contributed by atoms with E-state index in [0.717, 1.165) is 37.1 Å². The van der Waals surface area contributed by atoms with Crippen LogP contribution in [0.25, 0.3) is 0 Å². The maximum absolute atomic E-state index is 12.8. The SMILES string of the molecule is COc1ccc(NC(=O)c2nc(C(=O)NCCC(C)C)c3n2CCCC3)cc1. The van der Waals surface area contributed by atoms with E-state index < -0.39 is 0 Å². The van der Waals surface area contributed by atoms with Gasteiger partial charge in [-0.3, -0.25) is 9.59 Å². The second-order valence-corrected chi connectivity index (χ2v) is 7.46. The molecule has 0 radical (unpaired) electrons. The molecular formula is C21H28N4O3. The van der Waals surface area contributed by atoms with E-state index in [0.29, 0.717) is 36.2 Å². The molecule has 7 heteroatoms. The zero-order valence-corrected chi connectivity index (χ0v) is 16.7. The summed E-state index contributed by atoms with van der Waals surface area (Å²) in [4.78, 5) is 29.9. The van der Waals surface area contributed by atoms with E-state index in [1.165, 1.54) is 0 Å². The summed E-state index contributed by atoms with van der Waals surface area (Å²) in [5.41, 5.74) is 1.89. The molecule has 150 valence electrons. The summed E-state index contributed by atoms with van der Waals surface area (Å²) in [5.74, 6) is 1.02. The minimum Gasteiger partial charge on any atom is -0.497 e. The number of fused-ring (bicyclic) bond motifs is 1. The number of imidazole rings is 1. The van der Waals surface area contributed by atoms with Crippen molar-refractivity contribution in [2.45, 2.75) is 46.1 Å². The van der Waals surface area contributed by atoms with Crippen LogP contribution < -0.4 is 15.4 Å².